The molecule has 1 aliphatic heterocycles. The monoisotopic (exact) mass is 264 g/mol. The van der Waals surface area contributed by atoms with E-state index < -0.39 is 0 Å². The van der Waals surface area contributed by atoms with E-state index >= 15 is 0 Å². The zero-order chi connectivity index (χ0) is 13.7. The van der Waals surface area contributed by atoms with Gasteiger partial charge in [-0.3, -0.25) is 4.79 Å². The summed E-state index contributed by atoms with van der Waals surface area (Å²) in [7, 11) is 1.64. The van der Waals surface area contributed by atoms with Crippen LogP contribution in [0.25, 0.3) is 0 Å². The van der Waals surface area contributed by atoms with Crippen molar-refractivity contribution in [3.05, 3.63) is 23.8 Å². The molecule has 0 aromatic heterocycles. The fourth-order valence-corrected chi connectivity index (χ4v) is 1.94. The van der Waals surface area contributed by atoms with Crippen LogP contribution in [0.5, 0.6) is 11.5 Å². The highest BCUT2D eigenvalue weighted by Gasteiger charge is 2.13. The number of aryl methyl sites for hydroxylation is 1. The molecule has 1 amide bonds. The average Bonchev–Trinajstić information content (AvgIpc) is 2.89. The van der Waals surface area contributed by atoms with E-state index in [1.807, 2.05) is 12.1 Å². The SMILES string of the molecule is CNC(=O)CNC(C)CCc1ccc2c(c1)OCO2. The number of benzene rings is 1. The van der Waals surface area contributed by atoms with E-state index in [2.05, 4.69) is 23.6 Å². The fraction of sp³-hybridized carbons (Fsp3) is 0.500. The second kappa shape index (κ2) is 6.43. The molecular formula is C14H20N2O3. The van der Waals surface area contributed by atoms with Crippen LogP contribution in [0.15, 0.2) is 18.2 Å². The second-order valence-corrected chi connectivity index (χ2v) is 4.68. The van der Waals surface area contributed by atoms with Crippen molar-refractivity contribution in [2.75, 3.05) is 20.4 Å². The Kier molecular flexibility index (Phi) is 4.63. The molecule has 5 heteroatoms. The molecule has 19 heavy (non-hydrogen) atoms. The van der Waals surface area contributed by atoms with E-state index in [1.165, 1.54) is 5.56 Å². The number of rotatable bonds is 6. The number of hydrogen-bond acceptors (Lipinski definition) is 4. The third kappa shape index (κ3) is 3.86. The number of ether oxygens (including phenoxy) is 2. The molecule has 2 rings (SSSR count). The van der Waals surface area contributed by atoms with E-state index in [9.17, 15) is 4.79 Å². The summed E-state index contributed by atoms with van der Waals surface area (Å²) in [6.45, 7) is 2.75. The first-order chi connectivity index (χ1) is 9.19. The molecular weight excluding hydrogens is 244 g/mol. The van der Waals surface area contributed by atoms with Crippen LogP contribution < -0.4 is 20.1 Å². The number of fused-ring (bicyclic) bond motifs is 1. The summed E-state index contributed by atoms with van der Waals surface area (Å²) in [6.07, 6.45) is 1.91. The van der Waals surface area contributed by atoms with Crippen LogP contribution in [0.1, 0.15) is 18.9 Å². The molecule has 0 aliphatic carbocycles. The average molecular weight is 264 g/mol. The maximum Gasteiger partial charge on any atom is 0.233 e. The van der Waals surface area contributed by atoms with Crippen molar-refractivity contribution in [1.29, 1.82) is 0 Å². The molecule has 1 aliphatic rings. The largest absolute Gasteiger partial charge is 0.454 e. The molecule has 1 aromatic carbocycles. The topological polar surface area (TPSA) is 59.6 Å². The molecule has 0 radical (unpaired) electrons. The van der Waals surface area contributed by atoms with Crippen molar-refractivity contribution in [1.82, 2.24) is 10.6 Å². The Hall–Kier alpha value is -1.75. The van der Waals surface area contributed by atoms with Gasteiger partial charge in [0.15, 0.2) is 11.5 Å². The number of nitrogens with one attached hydrogen (secondary N) is 2. The quantitative estimate of drug-likeness (QED) is 0.807. The lowest BCUT2D eigenvalue weighted by Crippen LogP contribution is -2.36. The number of hydrogen-bond donors (Lipinski definition) is 2. The van der Waals surface area contributed by atoms with Crippen molar-refractivity contribution >= 4 is 5.91 Å². The molecule has 104 valence electrons. The normalized spacial score (nSPS) is 14.2. The minimum atomic E-state index is 0.00919. The van der Waals surface area contributed by atoms with Gasteiger partial charge >= 0.3 is 0 Å². The number of amides is 1. The molecule has 0 spiro atoms. The summed E-state index contributed by atoms with van der Waals surface area (Å²) >= 11 is 0. The standard InChI is InChI=1S/C14H20N2O3/c1-10(16-8-14(17)15-2)3-4-11-5-6-12-13(7-11)19-9-18-12/h5-7,10,16H,3-4,8-9H2,1-2H3,(H,15,17). The van der Waals surface area contributed by atoms with Gasteiger partial charge in [0.2, 0.25) is 12.7 Å². The predicted molar refractivity (Wildman–Crippen MR) is 72.4 cm³/mol. The van der Waals surface area contributed by atoms with Gasteiger partial charge in [-0.2, -0.15) is 0 Å². The van der Waals surface area contributed by atoms with Crippen LogP contribution in [-0.2, 0) is 11.2 Å². The van der Waals surface area contributed by atoms with Crippen LogP contribution >= 0.6 is 0 Å². The summed E-state index contributed by atoms with van der Waals surface area (Å²) in [6, 6.07) is 6.32. The number of likely N-dealkylation sites (N-methyl/N-ethyl adjacent to an activating group) is 1. The lowest BCUT2D eigenvalue weighted by molar-refractivity contribution is -0.119. The molecule has 0 saturated carbocycles. The summed E-state index contributed by atoms with van der Waals surface area (Å²) in [4.78, 5) is 11.1. The van der Waals surface area contributed by atoms with E-state index in [4.69, 9.17) is 9.47 Å². The smallest absolute Gasteiger partial charge is 0.233 e. The van der Waals surface area contributed by atoms with Crippen LogP contribution in [0.2, 0.25) is 0 Å². The molecule has 1 heterocycles. The van der Waals surface area contributed by atoms with Gasteiger partial charge in [0, 0.05) is 13.1 Å². The molecule has 1 atom stereocenters. The van der Waals surface area contributed by atoms with Crippen LogP contribution in [-0.4, -0.2) is 32.3 Å². The van der Waals surface area contributed by atoms with E-state index in [0.29, 0.717) is 19.4 Å². The zero-order valence-corrected chi connectivity index (χ0v) is 11.4. The van der Waals surface area contributed by atoms with Gasteiger partial charge in [0.1, 0.15) is 0 Å². The number of carbonyl (C=O) groups is 1. The van der Waals surface area contributed by atoms with Crippen LogP contribution in [0.3, 0.4) is 0 Å². The second-order valence-electron chi connectivity index (χ2n) is 4.68. The van der Waals surface area contributed by atoms with Gasteiger partial charge in [-0.15, -0.1) is 0 Å². The predicted octanol–water partition coefficient (Wildman–Crippen LogP) is 1.07. The van der Waals surface area contributed by atoms with Crippen molar-refractivity contribution in [3.63, 3.8) is 0 Å². The Morgan fingerprint density at radius 3 is 2.95 bits per heavy atom. The summed E-state index contributed by atoms with van der Waals surface area (Å²) < 4.78 is 10.6. The Balaban J connectivity index is 1.77. The van der Waals surface area contributed by atoms with Crippen LogP contribution in [0, 0.1) is 0 Å². The van der Waals surface area contributed by atoms with Crippen LogP contribution in [0.4, 0.5) is 0 Å². The van der Waals surface area contributed by atoms with E-state index in [1.54, 1.807) is 7.05 Å². The van der Waals surface area contributed by atoms with Gasteiger partial charge in [-0.1, -0.05) is 6.07 Å². The minimum Gasteiger partial charge on any atom is -0.454 e. The maximum absolute atomic E-state index is 11.1. The van der Waals surface area contributed by atoms with Crippen molar-refractivity contribution < 1.29 is 14.3 Å². The first-order valence-electron chi connectivity index (χ1n) is 6.51. The lowest BCUT2D eigenvalue weighted by Gasteiger charge is -2.13. The zero-order valence-electron chi connectivity index (χ0n) is 11.4. The first-order valence-corrected chi connectivity index (χ1v) is 6.51. The maximum atomic E-state index is 11.1. The van der Waals surface area contributed by atoms with Gasteiger partial charge < -0.3 is 20.1 Å². The summed E-state index contributed by atoms with van der Waals surface area (Å²) in [5, 5.41) is 5.78. The Morgan fingerprint density at radius 2 is 2.16 bits per heavy atom. The van der Waals surface area contributed by atoms with Crippen molar-refractivity contribution in [3.8, 4) is 11.5 Å². The molecule has 2 N–H and O–H groups in total. The third-order valence-electron chi connectivity index (χ3n) is 3.19. The molecule has 0 saturated heterocycles. The molecule has 1 aromatic rings. The Bertz CT molecular complexity index is 448. The summed E-state index contributed by atoms with van der Waals surface area (Å²) in [5.41, 5.74) is 1.22. The highest BCUT2D eigenvalue weighted by Crippen LogP contribution is 2.32. The van der Waals surface area contributed by atoms with Crippen molar-refractivity contribution in [2.45, 2.75) is 25.8 Å². The third-order valence-corrected chi connectivity index (χ3v) is 3.19. The molecule has 0 bridgehead atoms. The molecule has 0 fully saturated rings. The first kappa shape index (κ1) is 13.7. The Labute approximate surface area is 113 Å². The number of carbonyl (C=O) groups excluding carboxylic acids is 1. The lowest BCUT2D eigenvalue weighted by atomic mass is 10.1. The van der Waals surface area contributed by atoms with Crippen molar-refractivity contribution in [2.24, 2.45) is 0 Å². The van der Waals surface area contributed by atoms with Gasteiger partial charge in [-0.05, 0) is 37.5 Å². The van der Waals surface area contributed by atoms with Gasteiger partial charge in [0.05, 0.1) is 6.54 Å². The summed E-state index contributed by atoms with van der Waals surface area (Å²) in [5.74, 6) is 1.65. The van der Waals surface area contributed by atoms with E-state index in [0.717, 1.165) is 24.3 Å². The highest BCUT2D eigenvalue weighted by molar-refractivity contribution is 5.77. The highest BCUT2D eigenvalue weighted by atomic mass is 16.7. The fourth-order valence-electron chi connectivity index (χ4n) is 1.94. The minimum absolute atomic E-state index is 0.00919. The molecule has 5 nitrogen and oxygen atoms in total. The molecule has 1 unspecified atom stereocenters. The Morgan fingerprint density at radius 1 is 1.37 bits per heavy atom. The van der Waals surface area contributed by atoms with Gasteiger partial charge in [0.25, 0.3) is 0 Å². The van der Waals surface area contributed by atoms with Gasteiger partial charge in [-0.25, -0.2) is 0 Å². The van der Waals surface area contributed by atoms with E-state index in [-0.39, 0.29) is 5.91 Å².